The van der Waals surface area contributed by atoms with Crippen molar-refractivity contribution in [1.82, 2.24) is 9.80 Å². The summed E-state index contributed by atoms with van der Waals surface area (Å²) < 4.78 is 0. The van der Waals surface area contributed by atoms with Crippen molar-refractivity contribution in [2.45, 2.75) is 45.4 Å². The third kappa shape index (κ3) is 4.73. The van der Waals surface area contributed by atoms with Gasteiger partial charge in [-0.3, -0.25) is 14.5 Å². The van der Waals surface area contributed by atoms with Crippen molar-refractivity contribution in [3.63, 3.8) is 0 Å². The van der Waals surface area contributed by atoms with Crippen LogP contribution in [0, 0.1) is 0 Å². The SMILES string of the molecule is CCCCCCCCN1C(=O)C(c2ccccc2)=C(N(C)CCO)C1=O. The molecule has 1 aromatic carbocycles. The monoisotopic (exact) mass is 358 g/mol. The Morgan fingerprint density at radius 3 is 2.27 bits per heavy atom. The first-order valence-electron chi connectivity index (χ1n) is 9.59. The van der Waals surface area contributed by atoms with Crippen LogP contribution in [-0.2, 0) is 9.59 Å². The van der Waals surface area contributed by atoms with Gasteiger partial charge in [0.15, 0.2) is 0 Å². The summed E-state index contributed by atoms with van der Waals surface area (Å²) in [7, 11) is 1.74. The number of imide groups is 1. The molecule has 0 spiro atoms. The molecule has 0 aromatic heterocycles. The van der Waals surface area contributed by atoms with Crippen molar-refractivity contribution in [1.29, 1.82) is 0 Å². The Bertz CT molecular complexity index is 640. The first kappa shape index (κ1) is 20.2. The average Bonchev–Trinajstić information content (AvgIpc) is 2.89. The number of aliphatic hydroxyl groups is 1. The molecule has 0 aliphatic carbocycles. The molecule has 0 unspecified atom stereocenters. The van der Waals surface area contributed by atoms with Crippen LogP contribution in [0.3, 0.4) is 0 Å². The summed E-state index contributed by atoms with van der Waals surface area (Å²) in [5, 5.41) is 9.24. The lowest BCUT2D eigenvalue weighted by Crippen LogP contribution is -2.35. The van der Waals surface area contributed by atoms with E-state index in [1.807, 2.05) is 30.3 Å². The van der Waals surface area contributed by atoms with E-state index in [0.29, 0.717) is 24.4 Å². The highest BCUT2D eigenvalue weighted by atomic mass is 16.3. The molecule has 1 heterocycles. The molecule has 0 saturated heterocycles. The summed E-state index contributed by atoms with van der Waals surface area (Å²) in [6.07, 6.45) is 6.64. The molecule has 142 valence electrons. The van der Waals surface area contributed by atoms with Gasteiger partial charge in [-0.2, -0.15) is 0 Å². The van der Waals surface area contributed by atoms with Crippen molar-refractivity contribution in [3.05, 3.63) is 41.6 Å². The Hall–Kier alpha value is -2.14. The third-order valence-corrected chi connectivity index (χ3v) is 4.76. The Balaban J connectivity index is 2.14. The predicted octanol–water partition coefficient (Wildman–Crippen LogP) is 3.05. The Morgan fingerprint density at radius 1 is 0.962 bits per heavy atom. The van der Waals surface area contributed by atoms with Crippen molar-refractivity contribution in [2.75, 3.05) is 26.7 Å². The topological polar surface area (TPSA) is 60.9 Å². The van der Waals surface area contributed by atoms with Gasteiger partial charge in [0.1, 0.15) is 5.70 Å². The van der Waals surface area contributed by atoms with Gasteiger partial charge < -0.3 is 10.0 Å². The van der Waals surface area contributed by atoms with Gasteiger partial charge in [-0.15, -0.1) is 0 Å². The second-order valence-corrected chi connectivity index (χ2v) is 6.76. The second kappa shape index (κ2) is 10.1. The first-order chi connectivity index (χ1) is 12.6. The number of hydrogen-bond acceptors (Lipinski definition) is 4. The number of rotatable bonds is 11. The van der Waals surface area contributed by atoms with Gasteiger partial charge in [0.2, 0.25) is 0 Å². The Morgan fingerprint density at radius 2 is 1.62 bits per heavy atom. The van der Waals surface area contributed by atoms with Crippen LogP contribution in [0.2, 0.25) is 0 Å². The molecule has 1 aliphatic rings. The van der Waals surface area contributed by atoms with E-state index in [1.165, 1.54) is 24.2 Å². The fourth-order valence-electron chi connectivity index (χ4n) is 3.30. The summed E-state index contributed by atoms with van der Waals surface area (Å²) in [5.41, 5.74) is 1.58. The van der Waals surface area contributed by atoms with Crippen LogP contribution in [0.1, 0.15) is 51.0 Å². The number of benzene rings is 1. The van der Waals surface area contributed by atoms with E-state index < -0.39 is 0 Å². The van der Waals surface area contributed by atoms with Crippen LogP contribution >= 0.6 is 0 Å². The highest BCUT2D eigenvalue weighted by Gasteiger charge is 2.40. The zero-order valence-corrected chi connectivity index (χ0v) is 15.9. The van der Waals surface area contributed by atoms with Gasteiger partial charge in [0.05, 0.1) is 12.2 Å². The van der Waals surface area contributed by atoms with Crippen molar-refractivity contribution < 1.29 is 14.7 Å². The second-order valence-electron chi connectivity index (χ2n) is 6.76. The maximum atomic E-state index is 13.0. The number of nitrogens with zero attached hydrogens (tertiary/aromatic N) is 2. The van der Waals surface area contributed by atoms with E-state index in [9.17, 15) is 14.7 Å². The minimum Gasteiger partial charge on any atom is -0.395 e. The molecule has 5 nitrogen and oxygen atoms in total. The molecule has 0 fully saturated rings. The molecule has 2 amide bonds. The van der Waals surface area contributed by atoms with Gasteiger partial charge in [-0.05, 0) is 12.0 Å². The molecular weight excluding hydrogens is 328 g/mol. The molecule has 2 rings (SSSR count). The number of aliphatic hydroxyl groups excluding tert-OH is 1. The summed E-state index contributed by atoms with van der Waals surface area (Å²) >= 11 is 0. The lowest BCUT2D eigenvalue weighted by molar-refractivity contribution is -0.137. The Labute approximate surface area is 156 Å². The lowest BCUT2D eigenvalue weighted by Gasteiger charge is -2.20. The highest BCUT2D eigenvalue weighted by molar-refractivity contribution is 6.35. The number of likely N-dealkylation sites (N-methyl/N-ethyl adjacent to an activating group) is 1. The molecule has 0 saturated carbocycles. The van der Waals surface area contributed by atoms with E-state index in [4.69, 9.17) is 0 Å². The van der Waals surface area contributed by atoms with Gasteiger partial charge in [0.25, 0.3) is 11.8 Å². The number of unbranched alkanes of at least 4 members (excludes halogenated alkanes) is 5. The number of hydrogen-bond donors (Lipinski definition) is 1. The van der Waals surface area contributed by atoms with Crippen LogP contribution in [-0.4, -0.2) is 53.5 Å². The van der Waals surface area contributed by atoms with E-state index in [1.54, 1.807) is 11.9 Å². The number of amides is 2. The Kier molecular flexibility index (Phi) is 7.85. The minimum atomic E-state index is -0.252. The highest BCUT2D eigenvalue weighted by Crippen LogP contribution is 2.31. The maximum absolute atomic E-state index is 13.0. The summed E-state index contributed by atoms with van der Waals surface area (Å²) in [6, 6.07) is 9.31. The molecular formula is C21H30N2O3. The zero-order valence-electron chi connectivity index (χ0n) is 15.9. The summed E-state index contributed by atoms with van der Waals surface area (Å²) in [4.78, 5) is 28.9. The molecule has 5 heteroatoms. The molecule has 26 heavy (non-hydrogen) atoms. The largest absolute Gasteiger partial charge is 0.395 e. The average molecular weight is 358 g/mol. The fraction of sp³-hybridized carbons (Fsp3) is 0.524. The quantitative estimate of drug-likeness (QED) is 0.488. The molecule has 0 radical (unpaired) electrons. The van der Waals surface area contributed by atoms with E-state index in [-0.39, 0.29) is 18.4 Å². The standard InChI is InChI=1S/C21H30N2O3/c1-3-4-5-6-7-11-14-23-20(25)18(17-12-9-8-10-13-17)19(21(23)26)22(2)15-16-24/h8-10,12-13,24H,3-7,11,14-16H2,1-2H3. The summed E-state index contributed by atoms with van der Waals surface area (Å²) in [5.74, 6) is -0.479. The number of carbonyl (C=O) groups excluding carboxylic acids is 2. The van der Waals surface area contributed by atoms with Gasteiger partial charge in [0, 0.05) is 20.1 Å². The van der Waals surface area contributed by atoms with Gasteiger partial charge >= 0.3 is 0 Å². The maximum Gasteiger partial charge on any atom is 0.277 e. The molecule has 1 N–H and O–H groups in total. The van der Waals surface area contributed by atoms with Crippen molar-refractivity contribution in [2.24, 2.45) is 0 Å². The van der Waals surface area contributed by atoms with E-state index in [0.717, 1.165) is 24.8 Å². The van der Waals surface area contributed by atoms with Crippen molar-refractivity contribution in [3.8, 4) is 0 Å². The fourth-order valence-corrected chi connectivity index (χ4v) is 3.30. The van der Waals surface area contributed by atoms with Crippen LogP contribution < -0.4 is 0 Å². The third-order valence-electron chi connectivity index (χ3n) is 4.76. The number of carbonyl (C=O) groups is 2. The minimum absolute atomic E-state index is 0.0685. The normalized spacial score (nSPS) is 14.5. The van der Waals surface area contributed by atoms with Crippen LogP contribution in [0.15, 0.2) is 36.0 Å². The first-order valence-corrected chi connectivity index (χ1v) is 9.59. The lowest BCUT2D eigenvalue weighted by atomic mass is 10.0. The van der Waals surface area contributed by atoms with E-state index >= 15 is 0 Å². The van der Waals surface area contributed by atoms with Gasteiger partial charge in [-0.1, -0.05) is 69.4 Å². The van der Waals surface area contributed by atoms with Crippen LogP contribution in [0.25, 0.3) is 5.57 Å². The molecule has 1 aromatic rings. The zero-order chi connectivity index (χ0) is 18.9. The molecule has 0 bridgehead atoms. The van der Waals surface area contributed by atoms with Crippen LogP contribution in [0.4, 0.5) is 0 Å². The molecule has 1 aliphatic heterocycles. The van der Waals surface area contributed by atoms with Gasteiger partial charge in [-0.25, -0.2) is 0 Å². The predicted molar refractivity (Wildman–Crippen MR) is 103 cm³/mol. The summed E-state index contributed by atoms with van der Waals surface area (Å²) in [6.45, 7) is 2.88. The smallest absolute Gasteiger partial charge is 0.277 e. The molecule has 0 atom stereocenters. The van der Waals surface area contributed by atoms with E-state index in [2.05, 4.69) is 6.92 Å². The van der Waals surface area contributed by atoms with Crippen LogP contribution in [0.5, 0.6) is 0 Å². The van der Waals surface area contributed by atoms with Crippen molar-refractivity contribution >= 4 is 17.4 Å².